The van der Waals surface area contributed by atoms with Gasteiger partial charge in [-0.15, -0.1) is 0 Å². The molecule has 0 heterocycles. The fourth-order valence-electron chi connectivity index (χ4n) is 4.35. The van der Waals surface area contributed by atoms with E-state index in [1.165, 1.54) is 12.2 Å². The zero-order chi connectivity index (χ0) is 41.3. The van der Waals surface area contributed by atoms with Crippen molar-refractivity contribution in [1.29, 1.82) is 5.41 Å². The molecular weight excluding hydrogens is 740 g/mol. The van der Waals surface area contributed by atoms with E-state index in [-0.39, 0.29) is 6.42 Å². The Labute approximate surface area is 297 Å². The molecule has 1 aromatic rings. The molecule has 300 valence electrons. The van der Waals surface area contributed by atoms with Crippen molar-refractivity contribution in [2.75, 3.05) is 13.1 Å². The molecule has 1 aromatic carbocycles. The lowest BCUT2D eigenvalue weighted by Gasteiger charge is -2.37. The van der Waals surface area contributed by atoms with Gasteiger partial charge in [-0.25, -0.2) is 13.8 Å². The first-order chi connectivity index (χ1) is 24.1. The second-order valence-corrected chi connectivity index (χ2v) is 12.8. The topological polar surface area (TPSA) is 176 Å². The highest BCUT2D eigenvalue weighted by atomic mass is 19.4. The van der Waals surface area contributed by atoms with E-state index in [0.29, 0.717) is 51.0 Å². The lowest BCUT2D eigenvalue weighted by molar-refractivity contribution is -0.222. The number of aliphatic hydroxyl groups is 1. The summed E-state index contributed by atoms with van der Waals surface area (Å²) < 4.78 is 138. The maximum Gasteiger partial charge on any atom is 0.396 e. The molecule has 1 rings (SSSR count). The molecule has 0 aliphatic heterocycles. The standard InChI is InChI=1S/C31H41F10N7O5/c1-7-22(51)46-23(28(3,4)30(36,37)38)25(52)44-12-17(50)13-48(47-26(53)24(45-15(2)49)29(5,6)31(39,40)41)14-18-19(32)10-16(11-20(18)33)21(42)8-9-43-27(34)35/h8-11,17,23-24,27,42-43,50H,7,12-14H2,1-6H3,(H,44,52)(H,45,49)(H,46,51)(H,47,53)/b9-8-,42-21?/t17-,23?,24-/m1/s1. The predicted octanol–water partition coefficient (Wildman–Crippen LogP) is 3.55. The van der Waals surface area contributed by atoms with E-state index < -0.39 is 120 Å². The smallest absolute Gasteiger partial charge is 0.390 e. The Morgan fingerprint density at radius 1 is 0.887 bits per heavy atom. The molecule has 0 aliphatic rings. The van der Waals surface area contributed by atoms with E-state index >= 15 is 8.78 Å². The van der Waals surface area contributed by atoms with Crippen LogP contribution in [0.1, 0.15) is 59.1 Å². The van der Waals surface area contributed by atoms with Gasteiger partial charge < -0.3 is 31.8 Å². The first-order valence-corrected chi connectivity index (χ1v) is 15.5. The highest BCUT2D eigenvalue weighted by Gasteiger charge is 2.56. The monoisotopic (exact) mass is 781 g/mol. The number of hydrogen-bond donors (Lipinski definition) is 7. The van der Waals surface area contributed by atoms with Crippen LogP contribution >= 0.6 is 0 Å². The lowest BCUT2D eigenvalue weighted by atomic mass is 9.82. The Morgan fingerprint density at radius 2 is 1.38 bits per heavy atom. The molecule has 53 heavy (non-hydrogen) atoms. The van der Waals surface area contributed by atoms with Crippen LogP contribution in [0.15, 0.2) is 24.4 Å². The summed E-state index contributed by atoms with van der Waals surface area (Å²) in [5.41, 5.74) is -5.89. The minimum Gasteiger partial charge on any atom is -0.390 e. The number of hydrogen-bond acceptors (Lipinski definition) is 8. The minimum absolute atomic E-state index is 0.304. The molecule has 0 aliphatic carbocycles. The van der Waals surface area contributed by atoms with Crippen molar-refractivity contribution < 1.29 is 68.2 Å². The summed E-state index contributed by atoms with van der Waals surface area (Å²) in [5.74, 6) is -7.87. The van der Waals surface area contributed by atoms with Crippen LogP contribution in [-0.4, -0.2) is 89.6 Å². The number of nitrogens with zero attached hydrogens (tertiary/aromatic N) is 1. The van der Waals surface area contributed by atoms with Gasteiger partial charge in [-0.3, -0.25) is 24.6 Å². The molecule has 0 bridgehead atoms. The maximum atomic E-state index is 15.2. The molecule has 0 radical (unpaired) electrons. The van der Waals surface area contributed by atoms with E-state index in [1.54, 1.807) is 0 Å². The number of hydrazine groups is 1. The van der Waals surface area contributed by atoms with Crippen LogP contribution in [0.4, 0.5) is 43.9 Å². The Morgan fingerprint density at radius 3 is 1.81 bits per heavy atom. The third-order valence-electron chi connectivity index (χ3n) is 7.89. The number of carbonyl (C=O) groups is 4. The van der Waals surface area contributed by atoms with Crippen LogP contribution in [-0.2, 0) is 25.7 Å². The van der Waals surface area contributed by atoms with Gasteiger partial charge >= 0.3 is 18.9 Å². The maximum absolute atomic E-state index is 15.2. The molecule has 7 N–H and O–H groups in total. The van der Waals surface area contributed by atoms with E-state index in [2.05, 4.69) is 0 Å². The summed E-state index contributed by atoms with van der Waals surface area (Å²) in [4.78, 5) is 49.9. The number of amides is 4. The number of nitrogens with one attached hydrogen (secondary N) is 6. The van der Waals surface area contributed by atoms with Crippen LogP contribution in [0.5, 0.6) is 0 Å². The SMILES string of the molecule is CCC(=O)NC(C(=O)NC[C@@H](O)CN(Cc1c(F)cc(C(=N)/C=C\NC(F)F)cc1F)NC(=O)[C@@H](NC(C)=O)C(C)(C)C(F)(F)F)C(C)(C)C(F)(F)F. The van der Waals surface area contributed by atoms with Crippen molar-refractivity contribution in [1.82, 2.24) is 31.7 Å². The second-order valence-electron chi connectivity index (χ2n) is 12.8. The summed E-state index contributed by atoms with van der Waals surface area (Å²) in [6, 6.07) is -3.42. The fraction of sp³-hybridized carbons (Fsp3) is 0.581. The number of halogens is 10. The van der Waals surface area contributed by atoms with Gasteiger partial charge in [-0.2, -0.15) is 35.1 Å². The number of rotatable bonds is 18. The largest absolute Gasteiger partial charge is 0.396 e. The molecule has 0 saturated heterocycles. The third kappa shape index (κ3) is 13.2. The van der Waals surface area contributed by atoms with Crippen LogP contribution < -0.4 is 26.7 Å². The van der Waals surface area contributed by atoms with Gasteiger partial charge in [0.1, 0.15) is 23.7 Å². The average Bonchev–Trinajstić information content (AvgIpc) is 3.00. The van der Waals surface area contributed by atoms with E-state index in [0.717, 1.165) is 13.0 Å². The Balaban J connectivity index is 3.52. The van der Waals surface area contributed by atoms with Crippen molar-refractivity contribution in [3.05, 3.63) is 47.2 Å². The summed E-state index contributed by atoms with van der Waals surface area (Å²) in [5, 5.41) is 26.4. The normalized spacial score (nSPS) is 14.5. The summed E-state index contributed by atoms with van der Waals surface area (Å²) in [7, 11) is 0. The summed E-state index contributed by atoms with van der Waals surface area (Å²) in [6.07, 6.45) is -11.0. The van der Waals surface area contributed by atoms with E-state index in [4.69, 9.17) is 5.41 Å². The van der Waals surface area contributed by atoms with Crippen molar-refractivity contribution in [2.45, 2.75) is 91.6 Å². The van der Waals surface area contributed by atoms with Crippen LogP contribution in [0.2, 0.25) is 0 Å². The predicted molar refractivity (Wildman–Crippen MR) is 169 cm³/mol. The lowest BCUT2D eigenvalue weighted by Crippen LogP contribution is -2.62. The van der Waals surface area contributed by atoms with E-state index in [1.807, 2.05) is 21.4 Å². The molecule has 22 heteroatoms. The molecule has 0 saturated carbocycles. The number of carbonyl (C=O) groups excluding carboxylic acids is 4. The summed E-state index contributed by atoms with van der Waals surface area (Å²) >= 11 is 0. The van der Waals surface area contributed by atoms with Crippen molar-refractivity contribution in [3.63, 3.8) is 0 Å². The quantitative estimate of drug-likeness (QED) is 0.0516. The first kappa shape index (κ1) is 46.6. The summed E-state index contributed by atoms with van der Waals surface area (Å²) in [6.45, 7) is -1.51. The number of aliphatic hydroxyl groups excluding tert-OH is 1. The highest BCUT2D eigenvalue weighted by molar-refractivity contribution is 6.06. The van der Waals surface area contributed by atoms with Crippen molar-refractivity contribution in [3.8, 4) is 0 Å². The number of allylic oxidation sites excluding steroid dienone is 1. The minimum atomic E-state index is -5.11. The number of alkyl halides is 8. The third-order valence-corrected chi connectivity index (χ3v) is 7.89. The molecule has 0 fully saturated rings. The number of benzene rings is 1. The molecule has 1 unspecified atom stereocenters. The van der Waals surface area contributed by atoms with Gasteiger partial charge in [-0.1, -0.05) is 6.92 Å². The highest BCUT2D eigenvalue weighted by Crippen LogP contribution is 2.41. The van der Waals surface area contributed by atoms with Crippen LogP contribution in [0.25, 0.3) is 0 Å². The van der Waals surface area contributed by atoms with Crippen molar-refractivity contribution in [2.24, 2.45) is 10.8 Å². The molecule has 4 amide bonds. The Bertz CT molecular complexity index is 1490. The molecule has 12 nitrogen and oxygen atoms in total. The van der Waals surface area contributed by atoms with Gasteiger partial charge in [0.05, 0.1) is 22.6 Å². The van der Waals surface area contributed by atoms with Crippen molar-refractivity contribution >= 4 is 29.3 Å². The molecule has 0 spiro atoms. The zero-order valence-corrected chi connectivity index (χ0v) is 29.3. The molecule has 0 aromatic heterocycles. The zero-order valence-electron chi connectivity index (χ0n) is 29.3. The second kappa shape index (κ2) is 18.5. The molecular formula is C31H41F10N7O5. The fourth-order valence-corrected chi connectivity index (χ4v) is 4.35. The molecule has 3 atom stereocenters. The van der Waals surface area contributed by atoms with Gasteiger partial charge in [0, 0.05) is 50.3 Å². The van der Waals surface area contributed by atoms with E-state index in [9.17, 15) is 59.4 Å². The first-order valence-electron chi connectivity index (χ1n) is 15.5. The Hall–Kier alpha value is -4.47. The average molecular weight is 782 g/mol. The van der Waals surface area contributed by atoms with Crippen LogP contribution in [0, 0.1) is 27.9 Å². The van der Waals surface area contributed by atoms with Gasteiger partial charge in [0.25, 0.3) is 5.91 Å². The van der Waals surface area contributed by atoms with Crippen LogP contribution in [0.3, 0.4) is 0 Å². The van der Waals surface area contributed by atoms with Gasteiger partial charge in [0.15, 0.2) is 0 Å². The Kier molecular flexibility index (Phi) is 16.3. The van der Waals surface area contributed by atoms with Gasteiger partial charge in [-0.05, 0) is 45.9 Å². The van der Waals surface area contributed by atoms with Gasteiger partial charge in [0.2, 0.25) is 17.7 Å².